The monoisotopic (exact) mass is 346 g/mol. The van der Waals surface area contributed by atoms with Gasteiger partial charge < -0.3 is 19.7 Å². The fourth-order valence-electron chi connectivity index (χ4n) is 3.41. The van der Waals surface area contributed by atoms with E-state index >= 15 is 0 Å². The minimum absolute atomic E-state index is 0.00294. The predicted octanol–water partition coefficient (Wildman–Crippen LogP) is 5.09. The number of hydrogen-bond donors (Lipinski definition) is 2. The maximum atomic E-state index is 10.9. The molecule has 4 nitrogen and oxygen atoms in total. The molecule has 0 saturated heterocycles. The third kappa shape index (κ3) is 2.39. The van der Waals surface area contributed by atoms with Crippen LogP contribution in [0, 0.1) is 0 Å². The van der Waals surface area contributed by atoms with Crippen molar-refractivity contribution < 1.29 is 19.7 Å². The molecular weight excluding hydrogens is 328 g/mol. The molecule has 0 fully saturated rings. The largest absolute Gasteiger partial charge is 0.507 e. The first-order valence-corrected chi connectivity index (χ1v) is 8.23. The van der Waals surface area contributed by atoms with E-state index in [-0.39, 0.29) is 11.5 Å². The standard InChI is InChI=1S/C22H18O4/c1-25-15-8-9-17-14(11-15)12-19(26-2)22(24)21(17)20-16-6-4-3-5-13(16)7-10-18(20)23/h3-12,23-24H,1-2H3. The molecule has 0 amide bonds. The van der Waals surface area contributed by atoms with E-state index in [0.29, 0.717) is 22.6 Å². The molecule has 0 saturated carbocycles. The molecule has 0 bridgehead atoms. The molecule has 4 aromatic rings. The van der Waals surface area contributed by atoms with Gasteiger partial charge in [-0.25, -0.2) is 0 Å². The number of fused-ring (bicyclic) bond motifs is 2. The first-order chi connectivity index (χ1) is 12.6. The lowest BCUT2D eigenvalue weighted by atomic mass is 9.92. The van der Waals surface area contributed by atoms with Gasteiger partial charge in [0.1, 0.15) is 11.5 Å². The van der Waals surface area contributed by atoms with Gasteiger partial charge in [-0.2, -0.15) is 0 Å². The fraction of sp³-hybridized carbons (Fsp3) is 0.0909. The molecular formula is C22H18O4. The summed E-state index contributed by atoms with van der Waals surface area (Å²) in [6.45, 7) is 0. The van der Waals surface area contributed by atoms with Gasteiger partial charge in [0.25, 0.3) is 0 Å². The minimum atomic E-state index is -0.00294. The SMILES string of the molecule is COc1ccc2c(-c3c(O)ccc4ccccc34)c(O)c(OC)cc2c1. The third-order valence-corrected chi connectivity index (χ3v) is 4.66. The van der Waals surface area contributed by atoms with Gasteiger partial charge in [0.2, 0.25) is 0 Å². The Morgan fingerprint density at radius 3 is 2.23 bits per heavy atom. The van der Waals surface area contributed by atoms with Crippen molar-refractivity contribution in [1.82, 2.24) is 0 Å². The lowest BCUT2D eigenvalue weighted by molar-refractivity contribution is 0.375. The van der Waals surface area contributed by atoms with Crippen molar-refractivity contribution in [1.29, 1.82) is 0 Å². The van der Waals surface area contributed by atoms with Gasteiger partial charge in [0.15, 0.2) is 11.5 Å². The Morgan fingerprint density at radius 2 is 1.46 bits per heavy atom. The Morgan fingerprint density at radius 1 is 0.692 bits per heavy atom. The zero-order valence-electron chi connectivity index (χ0n) is 14.5. The number of rotatable bonds is 3. The van der Waals surface area contributed by atoms with Crippen molar-refractivity contribution in [2.45, 2.75) is 0 Å². The summed E-state index contributed by atoms with van der Waals surface area (Å²) in [6.07, 6.45) is 0. The van der Waals surface area contributed by atoms with Gasteiger partial charge in [0.05, 0.1) is 14.2 Å². The summed E-state index contributed by atoms with van der Waals surface area (Å²) < 4.78 is 10.7. The highest BCUT2D eigenvalue weighted by Crippen LogP contribution is 2.48. The molecule has 0 spiro atoms. The van der Waals surface area contributed by atoms with E-state index in [1.807, 2.05) is 48.5 Å². The molecule has 0 aromatic heterocycles. The van der Waals surface area contributed by atoms with E-state index in [9.17, 15) is 10.2 Å². The van der Waals surface area contributed by atoms with Gasteiger partial charge in [-0.15, -0.1) is 0 Å². The average Bonchev–Trinajstić information content (AvgIpc) is 2.68. The Kier molecular flexibility index (Phi) is 3.81. The second-order valence-electron chi connectivity index (χ2n) is 6.07. The summed E-state index contributed by atoms with van der Waals surface area (Å²) in [5.74, 6) is 1.15. The molecule has 0 radical (unpaired) electrons. The van der Waals surface area contributed by atoms with Crippen LogP contribution in [0.4, 0.5) is 0 Å². The minimum Gasteiger partial charge on any atom is -0.507 e. The van der Waals surface area contributed by atoms with Crippen LogP contribution in [0.25, 0.3) is 32.7 Å². The highest BCUT2D eigenvalue weighted by atomic mass is 16.5. The smallest absolute Gasteiger partial charge is 0.166 e. The van der Waals surface area contributed by atoms with Crippen LogP contribution in [-0.2, 0) is 0 Å². The van der Waals surface area contributed by atoms with Gasteiger partial charge in [-0.3, -0.25) is 0 Å². The predicted molar refractivity (Wildman–Crippen MR) is 103 cm³/mol. The first-order valence-electron chi connectivity index (χ1n) is 8.23. The summed E-state index contributed by atoms with van der Waals surface area (Å²) in [7, 11) is 3.12. The lowest BCUT2D eigenvalue weighted by Crippen LogP contribution is -1.92. The molecule has 26 heavy (non-hydrogen) atoms. The zero-order chi connectivity index (χ0) is 18.3. The van der Waals surface area contributed by atoms with Crippen LogP contribution >= 0.6 is 0 Å². The molecule has 4 heteroatoms. The van der Waals surface area contributed by atoms with Gasteiger partial charge >= 0.3 is 0 Å². The lowest BCUT2D eigenvalue weighted by Gasteiger charge is -2.17. The van der Waals surface area contributed by atoms with Crippen LogP contribution in [0.2, 0.25) is 0 Å². The van der Waals surface area contributed by atoms with Crippen LogP contribution in [0.3, 0.4) is 0 Å². The Hall–Kier alpha value is -3.40. The summed E-state index contributed by atoms with van der Waals surface area (Å²) >= 11 is 0. The summed E-state index contributed by atoms with van der Waals surface area (Å²) in [4.78, 5) is 0. The number of aromatic hydroxyl groups is 2. The highest BCUT2D eigenvalue weighted by Gasteiger charge is 2.20. The number of methoxy groups -OCH3 is 2. The Balaban J connectivity index is 2.18. The van der Waals surface area contributed by atoms with Crippen molar-refractivity contribution in [2.24, 2.45) is 0 Å². The van der Waals surface area contributed by atoms with Crippen molar-refractivity contribution in [3.8, 4) is 34.1 Å². The van der Waals surface area contributed by atoms with E-state index < -0.39 is 0 Å². The fourth-order valence-corrected chi connectivity index (χ4v) is 3.41. The van der Waals surface area contributed by atoms with Crippen molar-refractivity contribution in [3.05, 3.63) is 60.7 Å². The molecule has 2 N–H and O–H groups in total. The number of benzene rings is 4. The molecule has 4 rings (SSSR count). The summed E-state index contributed by atoms with van der Waals surface area (Å²) in [6, 6.07) is 18.6. The van der Waals surface area contributed by atoms with E-state index in [1.165, 1.54) is 7.11 Å². The van der Waals surface area contributed by atoms with E-state index in [4.69, 9.17) is 9.47 Å². The van der Waals surface area contributed by atoms with E-state index in [0.717, 1.165) is 21.5 Å². The number of phenols is 2. The normalized spacial score (nSPS) is 11.0. The van der Waals surface area contributed by atoms with Gasteiger partial charge in [-0.1, -0.05) is 30.3 Å². The highest BCUT2D eigenvalue weighted by molar-refractivity contribution is 6.10. The van der Waals surface area contributed by atoms with E-state index in [2.05, 4.69) is 0 Å². The van der Waals surface area contributed by atoms with Crippen LogP contribution in [-0.4, -0.2) is 24.4 Å². The second-order valence-corrected chi connectivity index (χ2v) is 6.07. The zero-order valence-corrected chi connectivity index (χ0v) is 14.5. The maximum Gasteiger partial charge on any atom is 0.166 e. The molecule has 0 aliphatic rings. The molecule has 4 aromatic carbocycles. The van der Waals surface area contributed by atoms with Crippen LogP contribution < -0.4 is 9.47 Å². The average molecular weight is 346 g/mol. The summed E-state index contributed by atoms with van der Waals surface area (Å²) in [5.41, 5.74) is 1.12. The van der Waals surface area contributed by atoms with E-state index in [1.54, 1.807) is 19.2 Å². The summed E-state index contributed by atoms with van der Waals surface area (Å²) in [5, 5.41) is 25.0. The van der Waals surface area contributed by atoms with Crippen LogP contribution in [0.1, 0.15) is 0 Å². The molecule has 0 heterocycles. The van der Waals surface area contributed by atoms with Gasteiger partial charge in [0, 0.05) is 11.1 Å². The first kappa shape index (κ1) is 16.1. The quantitative estimate of drug-likeness (QED) is 0.542. The third-order valence-electron chi connectivity index (χ3n) is 4.66. The van der Waals surface area contributed by atoms with Crippen molar-refractivity contribution in [3.63, 3.8) is 0 Å². The Bertz CT molecular complexity index is 1130. The van der Waals surface area contributed by atoms with Crippen molar-refractivity contribution >= 4 is 21.5 Å². The topological polar surface area (TPSA) is 58.9 Å². The molecule has 0 aliphatic carbocycles. The van der Waals surface area contributed by atoms with Crippen LogP contribution in [0.15, 0.2) is 60.7 Å². The molecule has 0 atom stereocenters. The van der Waals surface area contributed by atoms with Crippen LogP contribution in [0.5, 0.6) is 23.0 Å². The number of hydrogen-bond acceptors (Lipinski definition) is 4. The van der Waals surface area contributed by atoms with Gasteiger partial charge in [-0.05, 0) is 51.9 Å². The number of phenolic OH excluding ortho intramolecular Hbond substituents is 2. The maximum absolute atomic E-state index is 10.9. The van der Waals surface area contributed by atoms with Crippen molar-refractivity contribution in [2.75, 3.05) is 14.2 Å². The second kappa shape index (κ2) is 6.15. The molecule has 130 valence electrons. The molecule has 0 unspecified atom stereocenters. The molecule has 0 aliphatic heterocycles. The number of ether oxygens (including phenoxy) is 2. The Labute approximate surface area is 150 Å².